The van der Waals surface area contributed by atoms with Crippen molar-refractivity contribution in [2.45, 2.75) is 32.4 Å². The van der Waals surface area contributed by atoms with Crippen LogP contribution in [0, 0.1) is 6.92 Å². The second-order valence-electron chi connectivity index (χ2n) is 4.05. The molecule has 0 fully saturated rings. The van der Waals surface area contributed by atoms with Crippen LogP contribution in [0.2, 0.25) is 0 Å². The van der Waals surface area contributed by atoms with E-state index in [4.69, 9.17) is 0 Å². The van der Waals surface area contributed by atoms with Gasteiger partial charge in [0.25, 0.3) is 0 Å². The zero-order valence-electron chi connectivity index (χ0n) is 8.87. The van der Waals surface area contributed by atoms with Crippen molar-refractivity contribution in [3.63, 3.8) is 0 Å². The summed E-state index contributed by atoms with van der Waals surface area (Å²) in [6, 6.07) is 0. The number of nitrogens with one attached hydrogen (secondary N) is 1. The summed E-state index contributed by atoms with van der Waals surface area (Å²) in [4.78, 5) is 0. The maximum Gasteiger partial charge on any atom is 0.144 e. The van der Waals surface area contributed by atoms with Gasteiger partial charge in [-0.25, -0.2) is 0 Å². The highest BCUT2D eigenvalue weighted by molar-refractivity contribution is 7.91. The van der Waals surface area contributed by atoms with Crippen LogP contribution in [0.15, 0.2) is 10.6 Å². The van der Waals surface area contributed by atoms with Crippen LogP contribution in [0.3, 0.4) is 0 Å². The summed E-state index contributed by atoms with van der Waals surface area (Å²) < 4.78 is 15.2. The third-order valence-electron chi connectivity index (χ3n) is 1.68. The normalized spacial score (nSPS) is 14.9. The highest BCUT2D eigenvalue weighted by Gasteiger charge is 2.25. The molecule has 0 aromatic carbocycles. The number of aromatic nitrogens is 2. The minimum Gasteiger partial charge on any atom is -0.591 e. The molecule has 0 aliphatic carbocycles. The van der Waals surface area contributed by atoms with Gasteiger partial charge in [-0.1, -0.05) is 4.40 Å². The third-order valence-corrected chi connectivity index (χ3v) is 3.02. The SMILES string of the molecule is Cc1[nH]ncc1C=N[S+]([O-])C(C)(C)C. The first-order valence-corrected chi connectivity index (χ1v) is 5.48. The van der Waals surface area contributed by atoms with E-state index in [1.165, 1.54) is 0 Å². The molecule has 78 valence electrons. The van der Waals surface area contributed by atoms with E-state index in [9.17, 15) is 4.55 Å². The van der Waals surface area contributed by atoms with Crippen molar-refractivity contribution in [1.29, 1.82) is 0 Å². The summed E-state index contributed by atoms with van der Waals surface area (Å²) in [7, 11) is 0. The molecule has 0 aliphatic rings. The summed E-state index contributed by atoms with van der Waals surface area (Å²) in [5.74, 6) is 0. The Hall–Kier alpha value is -0.810. The molecule has 14 heavy (non-hydrogen) atoms. The van der Waals surface area contributed by atoms with Crippen LogP contribution >= 0.6 is 0 Å². The third kappa shape index (κ3) is 2.85. The average molecular weight is 213 g/mol. The molecule has 1 heterocycles. The number of rotatable bonds is 2. The first-order valence-electron chi connectivity index (χ1n) is 4.37. The van der Waals surface area contributed by atoms with Crippen molar-refractivity contribution in [3.8, 4) is 0 Å². The van der Waals surface area contributed by atoms with Crippen molar-refractivity contribution in [1.82, 2.24) is 10.2 Å². The molecule has 1 atom stereocenters. The van der Waals surface area contributed by atoms with Gasteiger partial charge in [0.1, 0.15) is 16.1 Å². The topological polar surface area (TPSA) is 64.1 Å². The highest BCUT2D eigenvalue weighted by atomic mass is 32.2. The van der Waals surface area contributed by atoms with Gasteiger partial charge < -0.3 is 4.55 Å². The molecule has 4 nitrogen and oxygen atoms in total. The standard InChI is InChI=1S/C9H15N3OS/c1-7-8(5-10-12-7)6-11-14(13)9(2,3)4/h5-6H,1-4H3,(H,10,12). The molecule has 0 saturated heterocycles. The Bertz CT molecular complexity index is 327. The molecule has 1 unspecified atom stereocenters. The fourth-order valence-corrected chi connectivity index (χ4v) is 1.28. The van der Waals surface area contributed by atoms with E-state index in [1.807, 2.05) is 27.7 Å². The minimum absolute atomic E-state index is 0.311. The van der Waals surface area contributed by atoms with Crippen molar-refractivity contribution in [2.75, 3.05) is 0 Å². The Balaban J connectivity index is 2.70. The second-order valence-corrected chi connectivity index (χ2v) is 5.98. The molecular formula is C9H15N3OS. The van der Waals surface area contributed by atoms with Gasteiger partial charge in [-0.3, -0.25) is 5.10 Å². The predicted molar refractivity (Wildman–Crippen MR) is 58.8 cm³/mol. The molecule has 5 heteroatoms. The predicted octanol–water partition coefficient (Wildman–Crippen LogP) is 1.60. The van der Waals surface area contributed by atoms with E-state index >= 15 is 0 Å². The number of hydrogen-bond donors (Lipinski definition) is 1. The van der Waals surface area contributed by atoms with E-state index in [-0.39, 0.29) is 4.75 Å². The van der Waals surface area contributed by atoms with Gasteiger partial charge in [0, 0.05) is 11.3 Å². The first kappa shape index (κ1) is 11.3. The van der Waals surface area contributed by atoms with Crippen LogP contribution in [0.25, 0.3) is 0 Å². The molecule has 1 aromatic heterocycles. The Labute approximate surface area is 87.1 Å². The Morgan fingerprint density at radius 2 is 2.21 bits per heavy atom. The van der Waals surface area contributed by atoms with Gasteiger partial charge in [0.2, 0.25) is 0 Å². The molecule has 1 rings (SSSR count). The fraction of sp³-hybridized carbons (Fsp3) is 0.556. The fourth-order valence-electron chi connectivity index (χ4n) is 0.753. The number of nitrogens with zero attached hydrogens (tertiary/aromatic N) is 2. The lowest BCUT2D eigenvalue weighted by atomic mass is 10.3. The molecule has 0 spiro atoms. The number of aryl methyl sites for hydroxylation is 1. The van der Waals surface area contributed by atoms with E-state index in [2.05, 4.69) is 14.6 Å². The van der Waals surface area contributed by atoms with Gasteiger partial charge in [-0.15, -0.1) is 0 Å². The summed E-state index contributed by atoms with van der Waals surface area (Å²) in [6.45, 7) is 7.57. The van der Waals surface area contributed by atoms with Crippen LogP contribution in [-0.4, -0.2) is 25.7 Å². The van der Waals surface area contributed by atoms with E-state index in [0.29, 0.717) is 0 Å². The van der Waals surface area contributed by atoms with Gasteiger partial charge in [-0.05, 0) is 27.7 Å². The van der Waals surface area contributed by atoms with Crippen LogP contribution in [0.5, 0.6) is 0 Å². The lowest BCUT2D eigenvalue weighted by Crippen LogP contribution is -2.25. The van der Waals surface area contributed by atoms with E-state index < -0.39 is 11.4 Å². The van der Waals surface area contributed by atoms with Gasteiger partial charge in [0.15, 0.2) is 0 Å². The largest absolute Gasteiger partial charge is 0.591 e. The molecule has 0 aliphatic heterocycles. The summed E-state index contributed by atoms with van der Waals surface area (Å²) in [6.07, 6.45) is 3.26. The highest BCUT2D eigenvalue weighted by Crippen LogP contribution is 2.16. The summed E-state index contributed by atoms with van der Waals surface area (Å²) >= 11 is -1.20. The quantitative estimate of drug-likeness (QED) is 0.599. The first-order chi connectivity index (χ1) is 6.41. The zero-order chi connectivity index (χ0) is 10.8. The smallest absolute Gasteiger partial charge is 0.144 e. The van der Waals surface area contributed by atoms with Gasteiger partial charge in [0.05, 0.1) is 12.4 Å². The van der Waals surface area contributed by atoms with Crippen molar-refractivity contribution in [3.05, 3.63) is 17.5 Å². The van der Waals surface area contributed by atoms with Gasteiger partial charge in [-0.2, -0.15) is 5.10 Å². The lowest BCUT2D eigenvalue weighted by molar-refractivity contribution is 0.562. The molecular weight excluding hydrogens is 198 g/mol. The maximum absolute atomic E-state index is 11.6. The van der Waals surface area contributed by atoms with Crippen LogP contribution in [0.4, 0.5) is 0 Å². The second kappa shape index (κ2) is 4.14. The average Bonchev–Trinajstić information content (AvgIpc) is 2.45. The van der Waals surface area contributed by atoms with Crippen LogP contribution in [-0.2, 0) is 11.4 Å². The monoisotopic (exact) mass is 213 g/mol. The molecule has 0 bridgehead atoms. The zero-order valence-corrected chi connectivity index (χ0v) is 9.68. The van der Waals surface area contributed by atoms with Gasteiger partial charge >= 0.3 is 0 Å². The van der Waals surface area contributed by atoms with Crippen molar-refractivity contribution >= 4 is 17.6 Å². The van der Waals surface area contributed by atoms with E-state index in [1.54, 1.807) is 12.4 Å². The summed E-state index contributed by atoms with van der Waals surface area (Å²) in [5.41, 5.74) is 1.81. The number of hydrogen-bond acceptors (Lipinski definition) is 3. The molecule has 0 saturated carbocycles. The van der Waals surface area contributed by atoms with E-state index in [0.717, 1.165) is 11.3 Å². The number of aromatic amines is 1. The van der Waals surface area contributed by atoms with Crippen molar-refractivity contribution < 1.29 is 4.55 Å². The number of H-pyrrole nitrogens is 1. The maximum atomic E-state index is 11.6. The van der Waals surface area contributed by atoms with Crippen LogP contribution < -0.4 is 0 Å². The minimum atomic E-state index is -1.20. The Morgan fingerprint density at radius 1 is 1.57 bits per heavy atom. The van der Waals surface area contributed by atoms with Crippen molar-refractivity contribution in [2.24, 2.45) is 4.40 Å². The Kier molecular flexibility index (Phi) is 3.34. The molecule has 0 radical (unpaired) electrons. The molecule has 1 N–H and O–H groups in total. The Morgan fingerprint density at radius 3 is 2.64 bits per heavy atom. The molecule has 1 aromatic rings. The molecule has 0 amide bonds. The lowest BCUT2D eigenvalue weighted by Gasteiger charge is -2.17. The van der Waals surface area contributed by atoms with Crippen LogP contribution in [0.1, 0.15) is 32.0 Å². The summed E-state index contributed by atoms with van der Waals surface area (Å²) in [5, 5.41) is 6.64.